The minimum atomic E-state index is -0.0119. The summed E-state index contributed by atoms with van der Waals surface area (Å²) in [6.45, 7) is 1.56. The molecule has 0 spiro atoms. The quantitative estimate of drug-likeness (QED) is 0.619. The van der Waals surface area contributed by atoms with Crippen molar-refractivity contribution in [1.82, 2.24) is 8.51 Å². The summed E-state index contributed by atoms with van der Waals surface area (Å²) in [6.07, 6.45) is 3.83. The predicted molar refractivity (Wildman–Crippen MR) is 75.0 cm³/mol. The van der Waals surface area contributed by atoms with Crippen LogP contribution in [0.4, 0.5) is 0 Å². The van der Waals surface area contributed by atoms with Crippen molar-refractivity contribution in [2.24, 2.45) is 0 Å². The van der Waals surface area contributed by atoms with E-state index in [1.165, 1.54) is 6.92 Å². The van der Waals surface area contributed by atoms with Crippen LogP contribution in [-0.4, -0.2) is 29.5 Å². The first-order chi connectivity index (χ1) is 8.67. The number of hydrogen-bond acceptors (Lipinski definition) is 5. The standard InChI is InChI=1S/C12H15IN2O3/c1-8(16)7-17-10-2-3-12(14-6-10)18-11-4-9(5-11)15-13/h2-3,6,9,11,15H,4-5,7H2,1H3. The van der Waals surface area contributed by atoms with Crippen molar-refractivity contribution in [3.63, 3.8) is 0 Å². The molecule has 1 aromatic heterocycles. The average Bonchev–Trinajstić information content (AvgIpc) is 2.32. The molecule has 18 heavy (non-hydrogen) atoms. The molecule has 1 N–H and O–H groups in total. The lowest BCUT2D eigenvalue weighted by Crippen LogP contribution is -2.43. The lowest BCUT2D eigenvalue weighted by Gasteiger charge is -2.33. The molecule has 1 heterocycles. The average molecular weight is 362 g/mol. The number of nitrogens with one attached hydrogen (secondary N) is 1. The van der Waals surface area contributed by atoms with Crippen LogP contribution in [0.3, 0.4) is 0 Å². The fourth-order valence-electron chi connectivity index (χ4n) is 1.63. The topological polar surface area (TPSA) is 60.5 Å². The van der Waals surface area contributed by atoms with E-state index in [9.17, 15) is 4.79 Å². The van der Waals surface area contributed by atoms with E-state index in [0.29, 0.717) is 17.7 Å². The highest BCUT2D eigenvalue weighted by molar-refractivity contribution is 14.1. The monoisotopic (exact) mass is 362 g/mol. The van der Waals surface area contributed by atoms with Gasteiger partial charge in [0.15, 0.2) is 5.78 Å². The highest BCUT2D eigenvalue weighted by Crippen LogP contribution is 2.26. The number of hydrogen-bond donors (Lipinski definition) is 1. The number of rotatable bonds is 6. The summed E-state index contributed by atoms with van der Waals surface area (Å²) >= 11 is 2.16. The highest BCUT2D eigenvalue weighted by Gasteiger charge is 2.30. The number of Topliss-reactive ketones (excluding diaryl/α,β-unsaturated/α-hetero) is 1. The Kier molecular flexibility index (Phi) is 4.76. The van der Waals surface area contributed by atoms with E-state index in [0.717, 1.165) is 12.8 Å². The first kappa shape index (κ1) is 13.5. The zero-order chi connectivity index (χ0) is 13.0. The molecule has 5 nitrogen and oxygen atoms in total. The Morgan fingerprint density at radius 1 is 1.56 bits per heavy atom. The summed E-state index contributed by atoms with van der Waals surface area (Å²) in [5.74, 6) is 1.17. The summed E-state index contributed by atoms with van der Waals surface area (Å²) < 4.78 is 14.1. The van der Waals surface area contributed by atoms with E-state index in [4.69, 9.17) is 9.47 Å². The first-order valence-corrected chi connectivity index (χ1v) is 6.86. The van der Waals surface area contributed by atoms with Crippen LogP contribution in [0.1, 0.15) is 19.8 Å². The molecule has 0 amide bonds. The Balaban J connectivity index is 1.79. The Morgan fingerprint density at radius 2 is 2.33 bits per heavy atom. The van der Waals surface area contributed by atoms with Gasteiger partial charge >= 0.3 is 0 Å². The fraction of sp³-hybridized carbons (Fsp3) is 0.500. The molecule has 98 valence electrons. The van der Waals surface area contributed by atoms with Crippen molar-refractivity contribution >= 4 is 28.6 Å². The normalized spacial score (nSPS) is 22.1. The van der Waals surface area contributed by atoms with Crippen molar-refractivity contribution in [3.05, 3.63) is 18.3 Å². The second-order valence-electron chi connectivity index (χ2n) is 4.34. The molecule has 1 fully saturated rings. The van der Waals surface area contributed by atoms with Gasteiger partial charge < -0.3 is 9.47 Å². The maximum Gasteiger partial charge on any atom is 0.213 e. The molecular weight excluding hydrogens is 347 g/mol. The maximum absolute atomic E-state index is 10.8. The Bertz CT molecular complexity index is 404. The molecule has 0 saturated heterocycles. The van der Waals surface area contributed by atoms with Gasteiger partial charge in [0.25, 0.3) is 0 Å². The molecule has 0 aliphatic heterocycles. The molecule has 1 saturated carbocycles. The molecule has 0 aromatic carbocycles. The van der Waals surface area contributed by atoms with Gasteiger partial charge in [0.2, 0.25) is 5.88 Å². The lowest BCUT2D eigenvalue weighted by atomic mass is 9.90. The van der Waals surface area contributed by atoms with Gasteiger partial charge in [-0.2, -0.15) is 0 Å². The van der Waals surface area contributed by atoms with Gasteiger partial charge in [-0.15, -0.1) is 0 Å². The number of carbonyl (C=O) groups is 1. The molecule has 1 aliphatic rings. The number of ketones is 1. The van der Waals surface area contributed by atoms with E-state index in [1.54, 1.807) is 18.3 Å². The minimum absolute atomic E-state index is 0.0119. The molecule has 1 aliphatic carbocycles. The number of ether oxygens (including phenoxy) is 2. The van der Waals surface area contributed by atoms with Crippen molar-refractivity contribution < 1.29 is 14.3 Å². The maximum atomic E-state index is 10.8. The van der Waals surface area contributed by atoms with Crippen molar-refractivity contribution in [3.8, 4) is 11.6 Å². The molecule has 0 bridgehead atoms. The van der Waals surface area contributed by atoms with Gasteiger partial charge in [-0.05, 0) is 13.0 Å². The van der Waals surface area contributed by atoms with E-state index in [2.05, 4.69) is 31.4 Å². The number of nitrogens with zero attached hydrogens (tertiary/aromatic N) is 1. The van der Waals surface area contributed by atoms with Gasteiger partial charge in [-0.3, -0.25) is 8.32 Å². The van der Waals surface area contributed by atoms with Crippen molar-refractivity contribution in [1.29, 1.82) is 0 Å². The van der Waals surface area contributed by atoms with Crippen LogP contribution in [0.2, 0.25) is 0 Å². The van der Waals surface area contributed by atoms with Crippen LogP contribution in [0.5, 0.6) is 11.6 Å². The van der Waals surface area contributed by atoms with Crippen LogP contribution in [0.15, 0.2) is 18.3 Å². The molecule has 2 rings (SSSR count). The number of aromatic nitrogens is 1. The largest absolute Gasteiger partial charge is 0.484 e. The van der Waals surface area contributed by atoms with Crippen LogP contribution >= 0.6 is 22.9 Å². The van der Waals surface area contributed by atoms with E-state index in [-0.39, 0.29) is 18.5 Å². The summed E-state index contributed by atoms with van der Waals surface area (Å²) in [7, 11) is 0. The molecule has 0 radical (unpaired) electrons. The minimum Gasteiger partial charge on any atom is -0.484 e. The third-order valence-electron chi connectivity index (χ3n) is 2.69. The van der Waals surface area contributed by atoms with Crippen molar-refractivity contribution in [2.45, 2.75) is 31.9 Å². The van der Waals surface area contributed by atoms with Gasteiger partial charge in [-0.1, -0.05) is 0 Å². The second-order valence-corrected chi connectivity index (χ2v) is 4.96. The van der Waals surface area contributed by atoms with Gasteiger partial charge in [0.05, 0.1) is 6.20 Å². The summed E-state index contributed by atoms with van der Waals surface area (Å²) in [5, 5.41) is 0. The van der Waals surface area contributed by atoms with Crippen LogP contribution in [0.25, 0.3) is 0 Å². The molecule has 1 aromatic rings. The molecular formula is C12H15IN2O3. The van der Waals surface area contributed by atoms with E-state index in [1.807, 2.05) is 0 Å². The summed E-state index contributed by atoms with van der Waals surface area (Å²) in [4.78, 5) is 14.9. The predicted octanol–water partition coefficient (Wildman–Crippen LogP) is 1.90. The smallest absolute Gasteiger partial charge is 0.213 e. The molecule has 0 atom stereocenters. The SMILES string of the molecule is CC(=O)COc1ccc(OC2CC(NI)C2)nc1. The second kappa shape index (κ2) is 6.33. The zero-order valence-electron chi connectivity index (χ0n) is 10.1. The van der Waals surface area contributed by atoms with E-state index < -0.39 is 0 Å². The van der Waals surface area contributed by atoms with Gasteiger partial charge in [0, 0.05) is 47.8 Å². The fourth-order valence-corrected chi connectivity index (χ4v) is 2.14. The third-order valence-corrected chi connectivity index (χ3v) is 3.57. The Labute approximate surface area is 120 Å². The third kappa shape index (κ3) is 3.81. The molecule has 6 heteroatoms. The van der Waals surface area contributed by atoms with Crippen LogP contribution < -0.4 is 13.0 Å². The number of halogens is 1. The zero-order valence-corrected chi connectivity index (χ0v) is 12.2. The van der Waals surface area contributed by atoms with Gasteiger partial charge in [0.1, 0.15) is 18.5 Å². The van der Waals surface area contributed by atoms with E-state index >= 15 is 0 Å². The molecule has 0 unspecified atom stereocenters. The number of carbonyl (C=O) groups excluding carboxylic acids is 1. The van der Waals surface area contributed by atoms with Crippen LogP contribution in [0, 0.1) is 0 Å². The van der Waals surface area contributed by atoms with Gasteiger partial charge in [-0.25, -0.2) is 4.98 Å². The highest BCUT2D eigenvalue weighted by atomic mass is 127. The van der Waals surface area contributed by atoms with Crippen LogP contribution in [-0.2, 0) is 4.79 Å². The summed E-state index contributed by atoms with van der Waals surface area (Å²) in [5.41, 5.74) is 0. The lowest BCUT2D eigenvalue weighted by molar-refractivity contribution is -0.118. The number of pyridine rings is 1. The van der Waals surface area contributed by atoms with Crippen molar-refractivity contribution in [2.75, 3.05) is 6.61 Å². The first-order valence-electron chi connectivity index (χ1n) is 5.78. The Hall–Kier alpha value is -0.890. The summed E-state index contributed by atoms with van der Waals surface area (Å²) in [6, 6.07) is 4.08. The Morgan fingerprint density at radius 3 is 2.89 bits per heavy atom.